The molecule has 0 radical (unpaired) electrons. The monoisotopic (exact) mass is 316 g/mol. The fraction of sp³-hybridized carbons (Fsp3) is 0.588. The molecule has 23 heavy (non-hydrogen) atoms. The van der Waals surface area contributed by atoms with E-state index in [-0.39, 0.29) is 30.2 Å². The van der Waals surface area contributed by atoms with E-state index >= 15 is 0 Å². The summed E-state index contributed by atoms with van der Waals surface area (Å²) in [4.78, 5) is 31.7. The molecule has 2 aromatic heterocycles. The Kier molecular flexibility index (Phi) is 4.24. The van der Waals surface area contributed by atoms with Crippen molar-refractivity contribution < 1.29 is 4.79 Å². The number of aryl methyl sites for hydroxylation is 1. The van der Waals surface area contributed by atoms with Gasteiger partial charge >= 0.3 is 5.69 Å². The summed E-state index contributed by atoms with van der Waals surface area (Å²) in [5, 5.41) is 0. The molecule has 0 N–H and O–H groups in total. The zero-order chi connectivity index (χ0) is 16.6. The van der Waals surface area contributed by atoms with Gasteiger partial charge in [-0.15, -0.1) is 0 Å². The number of piperidine rings is 1. The van der Waals surface area contributed by atoms with Crippen LogP contribution in [0.4, 0.5) is 0 Å². The molecule has 1 aliphatic heterocycles. The summed E-state index contributed by atoms with van der Waals surface area (Å²) in [5.74, 6) is 0.0193. The van der Waals surface area contributed by atoms with Crippen molar-refractivity contribution in [2.45, 2.75) is 65.2 Å². The molecule has 2 atom stereocenters. The first-order valence-electron chi connectivity index (χ1n) is 8.39. The Labute approximate surface area is 135 Å². The Balaban J connectivity index is 1.97. The van der Waals surface area contributed by atoms with Crippen molar-refractivity contribution in [3.63, 3.8) is 0 Å². The molecule has 0 aromatic carbocycles. The highest BCUT2D eigenvalue weighted by atomic mass is 16.2. The topological polar surface area (TPSA) is 60.1 Å². The molecule has 1 amide bonds. The second-order valence-corrected chi connectivity index (χ2v) is 6.39. The summed E-state index contributed by atoms with van der Waals surface area (Å²) < 4.78 is 3.17. The Morgan fingerprint density at radius 3 is 2.61 bits per heavy atom. The van der Waals surface area contributed by atoms with Crippen LogP contribution in [0.5, 0.6) is 0 Å². The van der Waals surface area contributed by atoms with Crippen molar-refractivity contribution in [3.05, 3.63) is 28.8 Å². The van der Waals surface area contributed by atoms with Crippen molar-refractivity contribution in [1.29, 1.82) is 0 Å². The number of amides is 1. The van der Waals surface area contributed by atoms with Gasteiger partial charge < -0.3 is 4.90 Å². The van der Waals surface area contributed by atoms with Gasteiger partial charge in [0, 0.05) is 24.8 Å². The van der Waals surface area contributed by atoms with Crippen LogP contribution in [0.2, 0.25) is 0 Å². The molecular weight excluding hydrogens is 292 g/mol. The maximum atomic E-state index is 12.8. The second-order valence-electron chi connectivity index (χ2n) is 6.39. The first-order chi connectivity index (χ1) is 11.0. The molecule has 0 spiro atoms. The van der Waals surface area contributed by atoms with Crippen LogP contribution < -0.4 is 5.69 Å². The highest BCUT2D eigenvalue weighted by Crippen LogP contribution is 2.23. The molecule has 0 saturated carbocycles. The molecule has 2 unspecified atom stereocenters. The van der Waals surface area contributed by atoms with E-state index in [1.807, 2.05) is 17.9 Å². The lowest BCUT2D eigenvalue weighted by Gasteiger charge is -2.39. The lowest BCUT2D eigenvalue weighted by Crippen LogP contribution is -2.49. The quantitative estimate of drug-likeness (QED) is 0.870. The molecule has 2 aromatic rings. The van der Waals surface area contributed by atoms with Gasteiger partial charge in [0.2, 0.25) is 5.91 Å². The van der Waals surface area contributed by atoms with Gasteiger partial charge in [-0.25, -0.2) is 9.78 Å². The highest BCUT2D eigenvalue weighted by molar-refractivity contribution is 5.80. The molecule has 1 saturated heterocycles. The number of fused-ring (bicyclic) bond motifs is 1. The van der Waals surface area contributed by atoms with E-state index in [9.17, 15) is 9.59 Å². The maximum Gasteiger partial charge on any atom is 0.330 e. The third-order valence-corrected chi connectivity index (χ3v) is 4.87. The van der Waals surface area contributed by atoms with Crippen LogP contribution in [-0.2, 0) is 17.9 Å². The fourth-order valence-corrected chi connectivity index (χ4v) is 3.71. The third kappa shape index (κ3) is 2.66. The summed E-state index contributed by atoms with van der Waals surface area (Å²) in [7, 11) is 0. The molecule has 6 nitrogen and oxygen atoms in total. The zero-order valence-corrected chi connectivity index (χ0v) is 14.0. The Bertz CT molecular complexity index is 766. The number of pyridine rings is 1. The SMILES string of the molecule is CCn1c(=O)n(CC(=O)N2C(C)CCCC2C)c2cccnc21. The molecule has 6 heteroatoms. The van der Waals surface area contributed by atoms with Gasteiger partial charge in [0.05, 0.1) is 5.52 Å². The van der Waals surface area contributed by atoms with Crippen LogP contribution >= 0.6 is 0 Å². The summed E-state index contributed by atoms with van der Waals surface area (Å²) in [6, 6.07) is 4.13. The average molecular weight is 316 g/mol. The molecule has 1 aliphatic rings. The number of hydrogen-bond acceptors (Lipinski definition) is 3. The van der Waals surface area contributed by atoms with Crippen LogP contribution in [0, 0.1) is 0 Å². The standard InChI is InChI=1S/C17H24N4O2/c1-4-19-16-14(9-6-10-18-16)20(17(19)23)11-15(22)21-12(2)7-5-8-13(21)3/h6,9-10,12-13H,4-5,7-8,11H2,1-3H3. The molecule has 3 rings (SSSR count). The number of imidazole rings is 1. The van der Waals surface area contributed by atoms with E-state index in [2.05, 4.69) is 18.8 Å². The number of nitrogens with zero attached hydrogens (tertiary/aromatic N) is 4. The summed E-state index contributed by atoms with van der Waals surface area (Å²) in [5.41, 5.74) is 1.21. The van der Waals surface area contributed by atoms with E-state index in [0.717, 1.165) is 24.8 Å². The van der Waals surface area contributed by atoms with Crippen molar-refractivity contribution >= 4 is 17.1 Å². The van der Waals surface area contributed by atoms with E-state index in [4.69, 9.17) is 0 Å². The van der Waals surface area contributed by atoms with Gasteiger partial charge in [-0.3, -0.25) is 13.9 Å². The van der Waals surface area contributed by atoms with Crippen LogP contribution in [-0.4, -0.2) is 37.0 Å². The van der Waals surface area contributed by atoms with Crippen molar-refractivity contribution in [2.75, 3.05) is 0 Å². The second kappa shape index (κ2) is 6.18. The normalized spacial score (nSPS) is 21.8. The third-order valence-electron chi connectivity index (χ3n) is 4.87. The van der Waals surface area contributed by atoms with Gasteiger partial charge in [0.15, 0.2) is 5.65 Å². The van der Waals surface area contributed by atoms with Crippen LogP contribution in [0.1, 0.15) is 40.0 Å². The van der Waals surface area contributed by atoms with Gasteiger partial charge in [-0.2, -0.15) is 0 Å². The van der Waals surface area contributed by atoms with Gasteiger partial charge in [0.1, 0.15) is 6.54 Å². The van der Waals surface area contributed by atoms with Crippen molar-refractivity contribution in [1.82, 2.24) is 19.0 Å². The molecule has 0 aliphatic carbocycles. The Morgan fingerprint density at radius 1 is 1.26 bits per heavy atom. The van der Waals surface area contributed by atoms with Crippen LogP contribution in [0.15, 0.2) is 23.1 Å². The minimum Gasteiger partial charge on any atom is -0.336 e. The number of carbonyl (C=O) groups excluding carboxylic acids is 1. The molecule has 124 valence electrons. The number of aromatic nitrogens is 3. The average Bonchev–Trinajstić information content (AvgIpc) is 2.79. The van der Waals surface area contributed by atoms with Gasteiger partial charge in [-0.1, -0.05) is 0 Å². The van der Waals surface area contributed by atoms with E-state index in [1.165, 1.54) is 0 Å². The smallest absolute Gasteiger partial charge is 0.330 e. The molecule has 0 bridgehead atoms. The number of likely N-dealkylation sites (tertiary alicyclic amines) is 1. The van der Waals surface area contributed by atoms with Gasteiger partial charge in [-0.05, 0) is 52.2 Å². The molecule has 3 heterocycles. The van der Waals surface area contributed by atoms with Gasteiger partial charge in [0.25, 0.3) is 0 Å². The lowest BCUT2D eigenvalue weighted by atomic mass is 9.97. The first kappa shape index (κ1) is 15.8. The Morgan fingerprint density at radius 2 is 1.96 bits per heavy atom. The number of rotatable bonds is 3. The number of carbonyl (C=O) groups is 1. The zero-order valence-electron chi connectivity index (χ0n) is 14.0. The van der Waals surface area contributed by atoms with E-state index < -0.39 is 0 Å². The van der Waals surface area contributed by atoms with Crippen LogP contribution in [0.3, 0.4) is 0 Å². The first-order valence-corrected chi connectivity index (χ1v) is 8.39. The summed E-state index contributed by atoms with van der Waals surface area (Å²) in [6.07, 6.45) is 4.90. The molecule has 1 fully saturated rings. The lowest BCUT2D eigenvalue weighted by molar-refractivity contribution is -0.137. The van der Waals surface area contributed by atoms with Crippen molar-refractivity contribution in [2.24, 2.45) is 0 Å². The maximum absolute atomic E-state index is 12.8. The minimum atomic E-state index is -0.160. The predicted molar refractivity (Wildman–Crippen MR) is 89.3 cm³/mol. The minimum absolute atomic E-state index is 0.0193. The van der Waals surface area contributed by atoms with E-state index in [0.29, 0.717) is 12.2 Å². The van der Waals surface area contributed by atoms with Crippen LogP contribution in [0.25, 0.3) is 11.2 Å². The Hall–Kier alpha value is -2.11. The largest absolute Gasteiger partial charge is 0.336 e. The molecular formula is C17H24N4O2. The number of hydrogen-bond donors (Lipinski definition) is 0. The van der Waals surface area contributed by atoms with Crippen molar-refractivity contribution in [3.8, 4) is 0 Å². The summed E-state index contributed by atoms with van der Waals surface area (Å²) in [6.45, 7) is 6.73. The fourth-order valence-electron chi connectivity index (χ4n) is 3.71. The summed E-state index contributed by atoms with van der Waals surface area (Å²) >= 11 is 0. The van der Waals surface area contributed by atoms with E-state index in [1.54, 1.807) is 21.4 Å². The highest BCUT2D eigenvalue weighted by Gasteiger charge is 2.29. The predicted octanol–water partition coefficient (Wildman–Crippen LogP) is 2.01.